The van der Waals surface area contributed by atoms with Crippen molar-refractivity contribution in [1.29, 1.82) is 0 Å². The van der Waals surface area contributed by atoms with Gasteiger partial charge in [-0.25, -0.2) is 19.3 Å². The van der Waals surface area contributed by atoms with E-state index >= 15 is 0 Å². The maximum absolute atomic E-state index is 14.3. The Kier molecular flexibility index (Phi) is 3.33. The predicted octanol–water partition coefficient (Wildman–Crippen LogP) is 3.92. The summed E-state index contributed by atoms with van der Waals surface area (Å²) < 4.78 is 16.1. The van der Waals surface area contributed by atoms with Gasteiger partial charge in [-0.1, -0.05) is 13.8 Å². The van der Waals surface area contributed by atoms with E-state index < -0.39 is 0 Å². The van der Waals surface area contributed by atoms with Gasteiger partial charge in [0, 0.05) is 53.4 Å². The van der Waals surface area contributed by atoms with E-state index in [1.54, 1.807) is 10.6 Å². The number of nitrogens with one attached hydrogen (secondary N) is 1. The lowest BCUT2D eigenvalue weighted by Gasteiger charge is -2.05. The van der Waals surface area contributed by atoms with E-state index in [4.69, 9.17) is 0 Å². The lowest BCUT2D eigenvalue weighted by Crippen LogP contribution is -2.00. The summed E-state index contributed by atoms with van der Waals surface area (Å²) in [6.07, 6.45) is 8.06. The maximum atomic E-state index is 14.3. The monoisotopic (exact) mass is 323 g/mol. The maximum Gasteiger partial charge on any atom is 0.173 e. The van der Waals surface area contributed by atoms with Crippen LogP contribution < -0.4 is 0 Å². The largest absolute Gasteiger partial charge is 0.345 e. The van der Waals surface area contributed by atoms with E-state index in [0.717, 1.165) is 40.1 Å². The molecule has 0 aliphatic heterocycles. The smallest absolute Gasteiger partial charge is 0.173 e. The second-order valence-electron chi connectivity index (χ2n) is 6.52. The average molecular weight is 323 g/mol. The van der Waals surface area contributed by atoms with Gasteiger partial charge in [-0.2, -0.15) is 0 Å². The number of imidazole rings is 1. The minimum atomic E-state index is -0.340. The molecule has 0 spiro atoms. The molecule has 4 aromatic rings. The van der Waals surface area contributed by atoms with Gasteiger partial charge < -0.3 is 9.38 Å². The number of hydrogen-bond acceptors (Lipinski definition) is 3. The van der Waals surface area contributed by atoms with Crippen LogP contribution in [-0.2, 0) is 6.42 Å². The summed E-state index contributed by atoms with van der Waals surface area (Å²) in [5.41, 5.74) is 3.66. The van der Waals surface area contributed by atoms with Crippen LogP contribution in [0.4, 0.5) is 4.39 Å². The minimum absolute atomic E-state index is 0.339. The molecule has 4 aromatic heterocycles. The predicted molar refractivity (Wildman–Crippen MR) is 91.3 cm³/mol. The van der Waals surface area contributed by atoms with Gasteiger partial charge in [0.05, 0.1) is 0 Å². The van der Waals surface area contributed by atoms with Gasteiger partial charge >= 0.3 is 0 Å². The van der Waals surface area contributed by atoms with Gasteiger partial charge in [-0.15, -0.1) is 0 Å². The molecule has 4 rings (SSSR count). The standard InChI is InChI=1S/C18H18FN5/c1-10(2)4-16-20-8-14-13(7-21-17(14)23-16)12-5-15(19)18-22-6-11(3)24(18)9-12/h5-10H,4H2,1-3H3,(H,20,21,23). The molecule has 5 nitrogen and oxygen atoms in total. The normalized spacial score (nSPS) is 11.9. The van der Waals surface area contributed by atoms with Crippen LogP contribution in [0.1, 0.15) is 25.4 Å². The van der Waals surface area contributed by atoms with Crippen molar-refractivity contribution in [3.05, 3.63) is 48.2 Å². The second kappa shape index (κ2) is 5.40. The van der Waals surface area contributed by atoms with Gasteiger partial charge in [0.15, 0.2) is 11.5 Å². The Morgan fingerprint density at radius 1 is 1.25 bits per heavy atom. The molecule has 0 radical (unpaired) electrons. The summed E-state index contributed by atoms with van der Waals surface area (Å²) in [6.45, 7) is 6.18. The lowest BCUT2D eigenvalue weighted by atomic mass is 10.1. The molecule has 0 saturated carbocycles. The van der Waals surface area contributed by atoms with Crippen molar-refractivity contribution in [3.8, 4) is 11.1 Å². The topological polar surface area (TPSA) is 58.9 Å². The Hall–Kier alpha value is -2.76. The third-order valence-electron chi connectivity index (χ3n) is 4.13. The van der Waals surface area contributed by atoms with Crippen LogP contribution in [0.2, 0.25) is 0 Å². The van der Waals surface area contributed by atoms with Gasteiger partial charge in [-0.05, 0) is 18.9 Å². The first-order valence-corrected chi connectivity index (χ1v) is 7.99. The fourth-order valence-corrected chi connectivity index (χ4v) is 2.96. The summed E-state index contributed by atoms with van der Waals surface area (Å²) in [6, 6.07) is 1.51. The molecule has 0 aliphatic carbocycles. The fourth-order valence-electron chi connectivity index (χ4n) is 2.96. The van der Waals surface area contributed by atoms with Crippen molar-refractivity contribution < 1.29 is 4.39 Å². The van der Waals surface area contributed by atoms with Gasteiger partial charge in [0.1, 0.15) is 11.5 Å². The Morgan fingerprint density at radius 3 is 2.88 bits per heavy atom. The average Bonchev–Trinajstić information content (AvgIpc) is 3.11. The van der Waals surface area contributed by atoms with Gasteiger partial charge in [-0.3, -0.25) is 0 Å². The molecule has 0 unspecified atom stereocenters. The summed E-state index contributed by atoms with van der Waals surface area (Å²) >= 11 is 0. The van der Waals surface area contributed by atoms with E-state index in [9.17, 15) is 4.39 Å². The van der Waals surface area contributed by atoms with E-state index in [2.05, 4.69) is 33.8 Å². The summed E-state index contributed by atoms with van der Waals surface area (Å²) in [5.74, 6) is 0.975. The van der Waals surface area contributed by atoms with E-state index in [0.29, 0.717) is 11.6 Å². The van der Waals surface area contributed by atoms with Crippen molar-refractivity contribution in [3.63, 3.8) is 0 Å². The van der Waals surface area contributed by atoms with Crippen molar-refractivity contribution in [2.75, 3.05) is 0 Å². The Bertz CT molecular complexity index is 1040. The van der Waals surface area contributed by atoms with Crippen molar-refractivity contribution in [1.82, 2.24) is 24.3 Å². The van der Waals surface area contributed by atoms with E-state index in [1.165, 1.54) is 6.07 Å². The number of rotatable bonds is 3. The number of hydrogen-bond donors (Lipinski definition) is 1. The Balaban J connectivity index is 1.86. The number of aromatic nitrogens is 5. The molecule has 0 aliphatic rings. The minimum Gasteiger partial charge on any atom is -0.345 e. The zero-order valence-corrected chi connectivity index (χ0v) is 13.8. The molecule has 1 N–H and O–H groups in total. The van der Waals surface area contributed by atoms with Crippen LogP contribution in [0.15, 0.2) is 30.9 Å². The zero-order valence-electron chi connectivity index (χ0n) is 13.8. The third kappa shape index (κ3) is 2.35. The lowest BCUT2D eigenvalue weighted by molar-refractivity contribution is 0.622. The van der Waals surface area contributed by atoms with E-state index in [-0.39, 0.29) is 5.82 Å². The zero-order chi connectivity index (χ0) is 16.8. The highest BCUT2D eigenvalue weighted by Gasteiger charge is 2.13. The molecule has 0 bridgehead atoms. The summed E-state index contributed by atoms with van der Waals surface area (Å²) in [5, 5.41) is 0.888. The van der Waals surface area contributed by atoms with Crippen LogP contribution in [0.5, 0.6) is 0 Å². The second-order valence-corrected chi connectivity index (χ2v) is 6.52. The summed E-state index contributed by atoms with van der Waals surface area (Å²) in [7, 11) is 0. The van der Waals surface area contributed by atoms with E-state index in [1.807, 2.05) is 25.5 Å². The van der Waals surface area contributed by atoms with Crippen LogP contribution in [-0.4, -0.2) is 24.3 Å². The van der Waals surface area contributed by atoms with Crippen LogP contribution in [0, 0.1) is 18.7 Å². The molecular weight excluding hydrogens is 305 g/mol. The summed E-state index contributed by atoms with van der Waals surface area (Å²) in [4.78, 5) is 16.3. The number of H-pyrrole nitrogens is 1. The number of aromatic amines is 1. The number of aryl methyl sites for hydroxylation is 1. The molecule has 0 aromatic carbocycles. The fraction of sp³-hybridized carbons (Fsp3) is 0.278. The SMILES string of the molecule is Cc1cnc2c(F)cc(-c3c[nH]c4nc(CC(C)C)ncc34)cn12. The molecule has 0 atom stereocenters. The number of nitrogens with zero attached hydrogens (tertiary/aromatic N) is 4. The molecular formula is C18H18FN5. The van der Waals surface area contributed by atoms with Crippen molar-refractivity contribution >= 4 is 16.7 Å². The Morgan fingerprint density at radius 2 is 2.08 bits per heavy atom. The van der Waals surface area contributed by atoms with Crippen molar-refractivity contribution in [2.24, 2.45) is 5.92 Å². The highest BCUT2D eigenvalue weighted by atomic mass is 19.1. The molecule has 24 heavy (non-hydrogen) atoms. The van der Waals surface area contributed by atoms with Crippen LogP contribution in [0.25, 0.3) is 27.8 Å². The Labute approximate surface area is 138 Å². The van der Waals surface area contributed by atoms with Crippen LogP contribution in [0.3, 0.4) is 0 Å². The molecule has 0 fully saturated rings. The number of halogens is 1. The van der Waals surface area contributed by atoms with Gasteiger partial charge in [0.2, 0.25) is 0 Å². The third-order valence-corrected chi connectivity index (χ3v) is 4.13. The molecule has 0 saturated heterocycles. The first-order valence-electron chi connectivity index (χ1n) is 7.99. The van der Waals surface area contributed by atoms with Crippen LogP contribution >= 0.6 is 0 Å². The van der Waals surface area contributed by atoms with Crippen molar-refractivity contribution in [2.45, 2.75) is 27.2 Å². The molecule has 6 heteroatoms. The first-order chi connectivity index (χ1) is 11.5. The highest BCUT2D eigenvalue weighted by Crippen LogP contribution is 2.29. The molecule has 0 amide bonds. The molecule has 122 valence electrons. The van der Waals surface area contributed by atoms with Gasteiger partial charge in [0.25, 0.3) is 0 Å². The molecule has 4 heterocycles. The highest BCUT2D eigenvalue weighted by molar-refractivity contribution is 5.93. The number of pyridine rings is 1. The first kappa shape index (κ1) is 14.8. The quantitative estimate of drug-likeness (QED) is 0.621. The number of fused-ring (bicyclic) bond motifs is 2.